The molecule has 3 unspecified atom stereocenters. The number of hydrogen-bond donors (Lipinski definition) is 1. The average Bonchev–Trinajstić information content (AvgIpc) is 3.43. The maximum atomic E-state index is 11.3. The lowest BCUT2D eigenvalue weighted by atomic mass is 9.63. The van der Waals surface area contributed by atoms with E-state index >= 15 is 0 Å². The minimum Gasteiger partial charge on any atom is -0.487 e. The highest BCUT2D eigenvalue weighted by molar-refractivity contribution is 6.35. The van der Waals surface area contributed by atoms with E-state index in [2.05, 4.69) is 73.7 Å². The first kappa shape index (κ1) is 25.4. The van der Waals surface area contributed by atoms with E-state index in [0.29, 0.717) is 12.5 Å². The molecule has 0 saturated heterocycles. The fourth-order valence-electron chi connectivity index (χ4n) is 7.66. The van der Waals surface area contributed by atoms with Crippen LogP contribution in [-0.4, -0.2) is 29.7 Å². The molecular weight excluding hydrogens is 516 g/mol. The molecule has 0 spiro atoms. The van der Waals surface area contributed by atoms with Crippen molar-refractivity contribution in [2.45, 2.75) is 50.7 Å². The van der Waals surface area contributed by atoms with Crippen LogP contribution in [0.5, 0.6) is 0 Å². The zero-order chi connectivity index (χ0) is 28.3. The first-order valence-electron chi connectivity index (χ1n) is 15.2. The Labute approximate surface area is 246 Å². The number of rotatable bonds is 5. The summed E-state index contributed by atoms with van der Waals surface area (Å²) in [7, 11) is 0. The molecular formula is C38H34N2O2. The van der Waals surface area contributed by atoms with Gasteiger partial charge in [0, 0.05) is 11.0 Å². The summed E-state index contributed by atoms with van der Waals surface area (Å²) in [6, 6.07) is 27.4. The van der Waals surface area contributed by atoms with E-state index in [0.717, 1.165) is 59.5 Å². The topological polar surface area (TPSA) is 54.2 Å². The van der Waals surface area contributed by atoms with Gasteiger partial charge in [0.05, 0.1) is 29.8 Å². The van der Waals surface area contributed by atoms with Gasteiger partial charge in [0.25, 0.3) is 0 Å². The van der Waals surface area contributed by atoms with Gasteiger partial charge in [-0.3, -0.25) is 4.99 Å². The van der Waals surface area contributed by atoms with Crippen molar-refractivity contribution in [3.63, 3.8) is 0 Å². The Balaban J connectivity index is 1.24. The van der Waals surface area contributed by atoms with Gasteiger partial charge in [0.2, 0.25) is 0 Å². The van der Waals surface area contributed by atoms with Gasteiger partial charge in [0.1, 0.15) is 18.4 Å². The second kappa shape index (κ2) is 9.92. The fourth-order valence-corrected chi connectivity index (χ4v) is 7.66. The maximum Gasteiger partial charge on any atom is 0.147 e. The van der Waals surface area contributed by atoms with Crippen molar-refractivity contribution in [1.82, 2.24) is 0 Å². The maximum absolute atomic E-state index is 11.3. The SMILES string of the molecule is CC1C=Cc2ccc3c4c(ccc3c2C1)C(CO)(C1N=CC(OCc2ccccc2)=C2C1=Nc1ccccc12)CCC4. The number of allylic oxidation sites excluding steroid dienone is 2. The number of ether oxygens (including phenoxy) is 1. The molecule has 0 bridgehead atoms. The number of aliphatic hydroxyl groups is 1. The molecule has 0 amide bonds. The Bertz CT molecular complexity index is 1850. The number of nitrogens with zero attached hydrogens (tertiary/aromatic N) is 2. The highest BCUT2D eigenvalue weighted by Gasteiger charge is 2.49. The molecule has 1 N–H and O–H groups in total. The monoisotopic (exact) mass is 550 g/mol. The highest BCUT2D eigenvalue weighted by atomic mass is 16.5. The highest BCUT2D eigenvalue weighted by Crippen LogP contribution is 2.49. The van der Waals surface area contributed by atoms with E-state index in [1.807, 2.05) is 30.5 Å². The molecule has 208 valence electrons. The normalized spacial score (nSPS) is 23.7. The Morgan fingerprint density at radius 1 is 0.929 bits per heavy atom. The minimum absolute atomic E-state index is 0.0150. The molecule has 0 fully saturated rings. The zero-order valence-electron chi connectivity index (χ0n) is 23.9. The van der Waals surface area contributed by atoms with Crippen LogP contribution in [-0.2, 0) is 29.6 Å². The summed E-state index contributed by atoms with van der Waals surface area (Å²) in [6.07, 6.45) is 10.4. The van der Waals surface area contributed by atoms with Crippen LogP contribution in [0, 0.1) is 5.92 Å². The van der Waals surface area contributed by atoms with Crippen LogP contribution >= 0.6 is 0 Å². The van der Waals surface area contributed by atoms with E-state index < -0.39 is 5.41 Å². The van der Waals surface area contributed by atoms with Crippen molar-refractivity contribution in [2.24, 2.45) is 15.9 Å². The summed E-state index contributed by atoms with van der Waals surface area (Å²) in [5, 5.41) is 14.0. The summed E-state index contributed by atoms with van der Waals surface area (Å²) in [4.78, 5) is 10.3. The lowest BCUT2D eigenvalue weighted by molar-refractivity contribution is 0.166. The van der Waals surface area contributed by atoms with Gasteiger partial charge in [0.15, 0.2) is 0 Å². The smallest absolute Gasteiger partial charge is 0.147 e. The molecule has 0 aromatic heterocycles. The molecule has 4 aromatic carbocycles. The molecule has 4 aromatic rings. The van der Waals surface area contributed by atoms with Gasteiger partial charge in [-0.2, -0.15) is 0 Å². The lowest BCUT2D eigenvalue weighted by Crippen LogP contribution is -2.49. The Morgan fingerprint density at radius 2 is 1.74 bits per heavy atom. The van der Waals surface area contributed by atoms with E-state index in [4.69, 9.17) is 14.7 Å². The van der Waals surface area contributed by atoms with Gasteiger partial charge in [-0.15, -0.1) is 0 Å². The van der Waals surface area contributed by atoms with Crippen LogP contribution in [0.2, 0.25) is 0 Å². The quantitative estimate of drug-likeness (QED) is 0.276. The van der Waals surface area contributed by atoms with Crippen molar-refractivity contribution in [3.8, 4) is 0 Å². The summed E-state index contributed by atoms with van der Waals surface area (Å²) < 4.78 is 6.41. The Hall–Kier alpha value is -4.28. The van der Waals surface area contributed by atoms with E-state index in [1.165, 1.54) is 33.0 Å². The number of benzene rings is 4. The molecule has 42 heavy (non-hydrogen) atoms. The van der Waals surface area contributed by atoms with E-state index in [9.17, 15) is 5.11 Å². The van der Waals surface area contributed by atoms with Gasteiger partial charge in [-0.1, -0.05) is 91.9 Å². The molecule has 2 heterocycles. The van der Waals surface area contributed by atoms with Crippen molar-refractivity contribution in [3.05, 3.63) is 124 Å². The van der Waals surface area contributed by atoms with Crippen molar-refractivity contribution < 1.29 is 9.84 Å². The van der Waals surface area contributed by atoms with Crippen LogP contribution in [0.25, 0.3) is 22.4 Å². The van der Waals surface area contributed by atoms with Crippen LogP contribution in [0.15, 0.2) is 101 Å². The minimum atomic E-state index is -0.557. The number of dihydropyridines is 1. The van der Waals surface area contributed by atoms with Crippen LogP contribution in [0.4, 0.5) is 5.69 Å². The fraction of sp³-hybridized carbons (Fsp3) is 0.263. The molecule has 4 heteroatoms. The second-order valence-corrected chi connectivity index (χ2v) is 12.2. The predicted octanol–water partition coefficient (Wildman–Crippen LogP) is 7.78. The van der Waals surface area contributed by atoms with E-state index in [-0.39, 0.29) is 12.6 Å². The number of fused-ring (bicyclic) bond motifs is 8. The predicted molar refractivity (Wildman–Crippen MR) is 172 cm³/mol. The van der Waals surface area contributed by atoms with E-state index in [1.54, 1.807) is 0 Å². The first-order chi connectivity index (χ1) is 20.7. The molecule has 0 radical (unpaired) electrons. The number of aliphatic hydroxyl groups excluding tert-OH is 1. The van der Waals surface area contributed by atoms with Crippen LogP contribution in [0.1, 0.15) is 53.1 Å². The molecule has 2 aliphatic heterocycles. The summed E-state index contributed by atoms with van der Waals surface area (Å²) in [5.74, 6) is 1.29. The number of aryl methyl sites for hydroxylation is 1. The molecule has 3 atom stereocenters. The number of hydrogen-bond acceptors (Lipinski definition) is 4. The van der Waals surface area contributed by atoms with Crippen molar-refractivity contribution in [2.75, 3.05) is 6.61 Å². The number of para-hydroxylation sites is 1. The third-order valence-electron chi connectivity index (χ3n) is 9.74. The van der Waals surface area contributed by atoms with Gasteiger partial charge in [-0.05, 0) is 76.3 Å². The van der Waals surface area contributed by atoms with Gasteiger partial charge >= 0.3 is 0 Å². The summed E-state index contributed by atoms with van der Waals surface area (Å²) in [6.45, 7) is 2.77. The van der Waals surface area contributed by atoms with Crippen molar-refractivity contribution in [1.29, 1.82) is 0 Å². The second-order valence-electron chi connectivity index (χ2n) is 12.2. The third kappa shape index (κ3) is 3.85. The average molecular weight is 551 g/mol. The van der Waals surface area contributed by atoms with Gasteiger partial charge in [-0.25, -0.2) is 4.99 Å². The van der Waals surface area contributed by atoms with Crippen LogP contribution < -0.4 is 0 Å². The standard InChI is InChI=1S/C38H34N2O2/c1-24-13-14-26-15-16-27-28(31(26)20-24)17-18-32-29(27)11-7-19-38(32,23-41)37-36-35(30-10-5-6-12-33(30)40-36)34(21-39-37)42-22-25-8-3-2-4-9-25/h2-6,8-10,12-18,21,24,37,41H,7,11,19-20,22-23H2,1H3. The Kier molecular flexibility index (Phi) is 6.01. The molecule has 2 aliphatic carbocycles. The molecule has 8 rings (SSSR count). The molecule has 4 aliphatic rings. The lowest BCUT2D eigenvalue weighted by Gasteiger charge is -2.43. The summed E-state index contributed by atoms with van der Waals surface area (Å²) >= 11 is 0. The third-order valence-corrected chi connectivity index (χ3v) is 9.74. The summed E-state index contributed by atoms with van der Waals surface area (Å²) in [5.41, 5.74) is 9.84. The van der Waals surface area contributed by atoms with Crippen LogP contribution in [0.3, 0.4) is 0 Å². The first-order valence-corrected chi connectivity index (χ1v) is 15.2. The largest absolute Gasteiger partial charge is 0.487 e. The Morgan fingerprint density at radius 3 is 2.62 bits per heavy atom. The molecule has 0 saturated carbocycles. The van der Waals surface area contributed by atoms with Gasteiger partial charge < -0.3 is 9.84 Å². The van der Waals surface area contributed by atoms with Crippen molar-refractivity contribution >= 4 is 40.0 Å². The number of aliphatic imine (C=N–C) groups is 2. The zero-order valence-corrected chi connectivity index (χ0v) is 23.9. The molecule has 4 nitrogen and oxygen atoms in total.